The summed E-state index contributed by atoms with van der Waals surface area (Å²) in [7, 11) is 3.67. The molecule has 0 bridgehead atoms. The van der Waals surface area contributed by atoms with E-state index >= 15 is 0 Å². The first-order valence-electron chi connectivity index (χ1n) is 5.53. The zero-order chi connectivity index (χ0) is 12.4. The Morgan fingerprint density at radius 2 is 2.18 bits per heavy atom. The van der Waals surface area contributed by atoms with Crippen LogP contribution in [0.1, 0.15) is 22.7 Å². The molecule has 3 nitrogen and oxygen atoms in total. The molecule has 1 atom stereocenters. The van der Waals surface area contributed by atoms with Crippen molar-refractivity contribution in [2.24, 2.45) is 7.05 Å². The lowest BCUT2D eigenvalue weighted by Gasteiger charge is -2.16. The molecule has 1 N–H and O–H groups in total. The highest BCUT2D eigenvalue weighted by Crippen LogP contribution is 2.24. The van der Waals surface area contributed by atoms with E-state index in [4.69, 9.17) is 0 Å². The Hall–Kier alpha value is -1.68. The molecule has 4 heteroatoms. The van der Waals surface area contributed by atoms with Crippen LogP contribution in [0.5, 0.6) is 0 Å². The third-order valence-corrected chi connectivity index (χ3v) is 2.81. The number of aryl methyl sites for hydroxylation is 2. The van der Waals surface area contributed by atoms with Crippen molar-refractivity contribution in [3.05, 3.63) is 53.1 Å². The van der Waals surface area contributed by atoms with Gasteiger partial charge in [0.1, 0.15) is 5.82 Å². The standard InChI is InChI=1S/C13H16FN3/c1-9-4-5-12(14)11(6-9)13(15-2)10-7-16-17(3)8-10/h4-8,13,15H,1-3H3. The fourth-order valence-electron chi connectivity index (χ4n) is 1.98. The Kier molecular flexibility index (Phi) is 3.24. The zero-order valence-corrected chi connectivity index (χ0v) is 10.2. The molecule has 0 aliphatic heterocycles. The predicted octanol–water partition coefficient (Wildman–Crippen LogP) is 2.18. The maximum absolute atomic E-state index is 13.8. The monoisotopic (exact) mass is 233 g/mol. The van der Waals surface area contributed by atoms with Gasteiger partial charge in [-0.25, -0.2) is 4.39 Å². The van der Waals surface area contributed by atoms with Crippen molar-refractivity contribution < 1.29 is 4.39 Å². The number of hydrogen-bond acceptors (Lipinski definition) is 2. The Bertz CT molecular complexity index is 519. The van der Waals surface area contributed by atoms with E-state index < -0.39 is 0 Å². The lowest BCUT2D eigenvalue weighted by atomic mass is 9.99. The van der Waals surface area contributed by atoms with Crippen molar-refractivity contribution in [3.8, 4) is 0 Å². The van der Waals surface area contributed by atoms with Crippen LogP contribution in [0.15, 0.2) is 30.6 Å². The summed E-state index contributed by atoms with van der Waals surface area (Å²) in [5.41, 5.74) is 2.66. The second-order valence-electron chi connectivity index (χ2n) is 4.19. The molecule has 1 unspecified atom stereocenters. The summed E-state index contributed by atoms with van der Waals surface area (Å²) < 4.78 is 15.5. The summed E-state index contributed by atoms with van der Waals surface area (Å²) in [6.45, 7) is 1.96. The van der Waals surface area contributed by atoms with E-state index in [9.17, 15) is 4.39 Å². The highest BCUT2D eigenvalue weighted by Gasteiger charge is 2.17. The second-order valence-corrected chi connectivity index (χ2v) is 4.19. The number of hydrogen-bond donors (Lipinski definition) is 1. The van der Waals surface area contributed by atoms with Crippen molar-refractivity contribution in [2.45, 2.75) is 13.0 Å². The molecule has 1 aromatic heterocycles. The SMILES string of the molecule is CNC(c1cnn(C)c1)c1cc(C)ccc1F. The fraction of sp³-hybridized carbons (Fsp3) is 0.308. The molecule has 0 saturated heterocycles. The van der Waals surface area contributed by atoms with Crippen LogP contribution >= 0.6 is 0 Å². The summed E-state index contributed by atoms with van der Waals surface area (Å²) >= 11 is 0. The van der Waals surface area contributed by atoms with E-state index in [1.165, 1.54) is 6.07 Å². The fourth-order valence-corrected chi connectivity index (χ4v) is 1.98. The number of halogens is 1. The van der Waals surface area contributed by atoms with Crippen LogP contribution in [0, 0.1) is 12.7 Å². The topological polar surface area (TPSA) is 29.9 Å². The molecule has 0 fully saturated rings. The van der Waals surface area contributed by atoms with E-state index in [-0.39, 0.29) is 11.9 Å². The van der Waals surface area contributed by atoms with Crippen LogP contribution in [0.4, 0.5) is 4.39 Å². The largest absolute Gasteiger partial charge is 0.309 e. The van der Waals surface area contributed by atoms with Gasteiger partial charge in [0.25, 0.3) is 0 Å². The number of nitrogens with zero attached hydrogens (tertiary/aromatic N) is 2. The summed E-state index contributed by atoms with van der Waals surface area (Å²) in [4.78, 5) is 0. The van der Waals surface area contributed by atoms with Gasteiger partial charge >= 0.3 is 0 Å². The van der Waals surface area contributed by atoms with Crippen LogP contribution in [-0.2, 0) is 7.05 Å². The van der Waals surface area contributed by atoms with Gasteiger partial charge in [-0.15, -0.1) is 0 Å². The molecule has 0 aliphatic carbocycles. The zero-order valence-electron chi connectivity index (χ0n) is 10.2. The van der Waals surface area contributed by atoms with Crippen LogP contribution in [0.2, 0.25) is 0 Å². The molecular formula is C13H16FN3. The van der Waals surface area contributed by atoms with Gasteiger partial charge in [0.05, 0.1) is 12.2 Å². The van der Waals surface area contributed by atoms with Gasteiger partial charge in [-0.1, -0.05) is 17.7 Å². The van der Waals surface area contributed by atoms with Gasteiger partial charge < -0.3 is 5.32 Å². The molecule has 0 amide bonds. The Morgan fingerprint density at radius 1 is 1.41 bits per heavy atom. The van der Waals surface area contributed by atoms with Gasteiger partial charge in [-0.2, -0.15) is 5.10 Å². The number of nitrogens with one attached hydrogen (secondary N) is 1. The highest BCUT2D eigenvalue weighted by atomic mass is 19.1. The molecule has 0 aliphatic rings. The molecule has 0 saturated carbocycles. The van der Waals surface area contributed by atoms with E-state index in [2.05, 4.69) is 10.4 Å². The second kappa shape index (κ2) is 4.67. The highest BCUT2D eigenvalue weighted by molar-refractivity contribution is 5.33. The van der Waals surface area contributed by atoms with Gasteiger partial charge in [0, 0.05) is 24.4 Å². The first kappa shape index (κ1) is 11.8. The molecule has 17 heavy (non-hydrogen) atoms. The molecule has 0 radical (unpaired) electrons. The van der Waals surface area contributed by atoms with E-state index in [1.807, 2.05) is 33.3 Å². The van der Waals surface area contributed by atoms with Crippen molar-refractivity contribution in [2.75, 3.05) is 7.05 Å². The number of benzene rings is 1. The van der Waals surface area contributed by atoms with Gasteiger partial charge in [0.15, 0.2) is 0 Å². The molecular weight excluding hydrogens is 217 g/mol. The third kappa shape index (κ3) is 2.36. The summed E-state index contributed by atoms with van der Waals surface area (Å²) in [6.07, 6.45) is 3.64. The molecule has 2 aromatic rings. The average molecular weight is 233 g/mol. The van der Waals surface area contributed by atoms with E-state index in [1.54, 1.807) is 16.9 Å². The maximum Gasteiger partial charge on any atom is 0.128 e. The third-order valence-electron chi connectivity index (χ3n) is 2.81. The number of rotatable bonds is 3. The molecule has 90 valence electrons. The molecule has 1 heterocycles. The van der Waals surface area contributed by atoms with Crippen molar-refractivity contribution in [1.29, 1.82) is 0 Å². The summed E-state index contributed by atoms with van der Waals surface area (Å²) in [6, 6.07) is 4.98. The molecule has 1 aromatic carbocycles. The minimum atomic E-state index is -0.196. The van der Waals surface area contributed by atoms with Crippen molar-refractivity contribution in [1.82, 2.24) is 15.1 Å². The van der Waals surface area contributed by atoms with Crippen LogP contribution in [0.25, 0.3) is 0 Å². The predicted molar refractivity (Wildman–Crippen MR) is 65.2 cm³/mol. The minimum Gasteiger partial charge on any atom is -0.309 e. The van der Waals surface area contributed by atoms with Gasteiger partial charge in [-0.3, -0.25) is 4.68 Å². The smallest absolute Gasteiger partial charge is 0.128 e. The summed E-state index contributed by atoms with van der Waals surface area (Å²) in [5.74, 6) is -0.196. The first-order chi connectivity index (χ1) is 8.11. The van der Waals surface area contributed by atoms with Gasteiger partial charge in [0.2, 0.25) is 0 Å². The van der Waals surface area contributed by atoms with E-state index in [0.717, 1.165) is 11.1 Å². The summed E-state index contributed by atoms with van der Waals surface area (Å²) in [5, 5.41) is 7.24. The van der Waals surface area contributed by atoms with Crippen LogP contribution in [-0.4, -0.2) is 16.8 Å². The van der Waals surface area contributed by atoms with E-state index in [0.29, 0.717) is 5.56 Å². The lowest BCUT2D eigenvalue weighted by molar-refractivity contribution is 0.575. The van der Waals surface area contributed by atoms with Gasteiger partial charge in [-0.05, 0) is 20.0 Å². The Balaban J connectivity index is 2.45. The van der Waals surface area contributed by atoms with Crippen molar-refractivity contribution in [3.63, 3.8) is 0 Å². The lowest BCUT2D eigenvalue weighted by Crippen LogP contribution is -2.18. The first-order valence-corrected chi connectivity index (χ1v) is 5.53. The maximum atomic E-state index is 13.8. The van der Waals surface area contributed by atoms with Crippen LogP contribution in [0.3, 0.4) is 0 Å². The minimum absolute atomic E-state index is 0.163. The number of aromatic nitrogens is 2. The molecule has 0 spiro atoms. The Labute approximate surface area is 100 Å². The Morgan fingerprint density at radius 3 is 2.76 bits per heavy atom. The normalized spacial score (nSPS) is 12.7. The van der Waals surface area contributed by atoms with Crippen molar-refractivity contribution >= 4 is 0 Å². The molecule has 2 rings (SSSR count). The quantitative estimate of drug-likeness (QED) is 0.880. The average Bonchev–Trinajstić information content (AvgIpc) is 2.71. The van der Waals surface area contributed by atoms with Crippen LogP contribution < -0.4 is 5.32 Å².